The Bertz CT molecular complexity index is 1870. The van der Waals surface area contributed by atoms with Crippen molar-refractivity contribution in [1.82, 2.24) is 0 Å². The summed E-state index contributed by atoms with van der Waals surface area (Å²) in [6.07, 6.45) is 58.2. The largest absolute Gasteiger partial charge is 0.472 e. The lowest BCUT2D eigenvalue weighted by Gasteiger charge is -2.21. The molecular weight excluding hydrogens is 1270 g/mol. The fraction of sp³-hybridized carbons (Fsp3) is 0.949. The van der Waals surface area contributed by atoms with Crippen molar-refractivity contribution in [2.45, 2.75) is 426 Å². The quantitative estimate of drug-likeness (QED) is 0.0222. The fourth-order valence-corrected chi connectivity index (χ4v) is 13.6. The van der Waals surface area contributed by atoms with Gasteiger partial charge in [0.1, 0.15) is 19.3 Å². The number of carbonyl (C=O) groups excluding carboxylic acids is 4. The van der Waals surface area contributed by atoms with Gasteiger partial charge in [-0.05, 0) is 37.5 Å². The van der Waals surface area contributed by atoms with E-state index in [-0.39, 0.29) is 25.7 Å². The minimum absolute atomic E-state index is 0.108. The molecule has 0 amide bonds. The van der Waals surface area contributed by atoms with Crippen LogP contribution in [0.4, 0.5) is 0 Å². The van der Waals surface area contributed by atoms with E-state index in [9.17, 15) is 43.2 Å². The Hall–Kier alpha value is -1.94. The molecule has 0 heterocycles. The van der Waals surface area contributed by atoms with Crippen molar-refractivity contribution in [2.75, 3.05) is 39.6 Å². The van der Waals surface area contributed by atoms with Gasteiger partial charge in [0.15, 0.2) is 12.2 Å². The summed E-state index contributed by atoms with van der Waals surface area (Å²) < 4.78 is 68.6. The first kappa shape index (κ1) is 95.1. The maximum absolute atomic E-state index is 13.1. The Labute approximate surface area is 594 Å². The number of hydrogen-bond donors (Lipinski definition) is 3. The van der Waals surface area contributed by atoms with Crippen LogP contribution in [0, 0.1) is 11.8 Å². The van der Waals surface area contributed by atoms with Gasteiger partial charge in [0.05, 0.1) is 26.4 Å². The first-order valence-electron chi connectivity index (χ1n) is 40.5. The van der Waals surface area contributed by atoms with E-state index >= 15 is 0 Å². The molecule has 0 aliphatic heterocycles. The summed E-state index contributed by atoms with van der Waals surface area (Å²) in [7, 11) is -9.91. The molecule has 3 unspecified atom stereocenters. The highest BCUT2D eigenvalue weighted by atomic mass is 31.2. The number of ether oxygens (including phenoxy) is 4. The number of esters is 4. The van der Waals surface area contributed by atoms with Gasteiger partial charge in [0.25, 0.3) is 0 Å². The van der Waals surface area contributed by atoms with Gasteiger partial charge in [-0.3, -0.25) is 37.3 Å². The molecule has 0 spiro atoms. The molecule has 0 bridgehead atoms. The van der Waals surface area contributed by atoms with Crippen LogP contribution in [0.3, 0.4) is 0 Å². The standard InChI is InChI=1S/C78H152O17P2/c1-7-10-12-14-16-18-19-20-21-27-33-38-44-50-56-62-77(82)94-73(66-88-75(80)60-54-48-42-17-15-13-11-8-2)68-92-96(84,85)90-64-72(79)65-91-97(86,87)93-69-74(67-89-76(81)61-55-49-43-37-32-29-24-25-30-35-40-46-52-58-70(4)5)95-78(83)63-57-51-45-39-34-28-23-22-26-31-36-41-47-53-59-71(6)9-3/h70-74,79H,7-69H2,1-6H3,(H,84,85)(H,86,87)/t71?,72-,73+,74+/m0/s1. The van der Waals surface area contributed by atoms with E-state index in [1.807, 2.05) is 0 Å². The predicted molar refractivity (Wildman–Crippen MR) is 395 cm³/mol. The fourth-order valence-electron chi connectivity index (χ4n) is 12.0. The number of aliphatic hydroxyl groups excluding tert-OH is 1. The molecule has 0 radical (unpaired) electrons. The number of aliphatic hydroxyl groups is 1. The van der Waals surface area contributed by atoms with E-state index in [2.05, 4.69) is 41.5 Å². The Morgan fingerprint density at radius 1 is 0.299 bits per heavy atom. The van der Waals surface area contributed by atoms with E-state index in [0.29, 0.717) is 25.7 Å². The highest BCUT2D eigenvalue weighted by molar-refractivity contribution is 7.47. The Morgan fingerprint density at radius 3 is 0.784 bits per heavy atom. The summed E-state index contributed by atoms with van der Waals surface area (Å²) in [5.74, 6) is -0.476. The van der Waals surface area contributed by atoms with Crippen molar-refractivity contribution in [3.8, 4) is 0 Å². The number of carbonyl (C=O) groups is 4. The van der Waals surface area contributed by atoms with Crippen LogP contribution < -0.4 is 0 Å². The van der Waals surface area contributed by atoms with E-state index in [0.717, 1.165) is 108 Å². The van der Waals surface area contributed by atoms with Crippen LogP contribution in [-0.4, -0.2) is 96.7 Å². The molecule has 17 nitrogen and oxygen atoms in total. The maximum Gasteiger partial charge on any atom is 0.472 e. The van der Waals surface area contributed by atoms with Crippen LogP contribution in [0.1, 0.15) is 408 Å². The number of phosphoric ester groups is 2. The summed E-state index contributed by atoms with van der Waals surface area (Å²) in [5.41, 5.74) is 0. The summed E-state index contributed by atoms with van der Waals surface area (Å²) in [6.45, 7) is 9.67. The highest BCUT2D eigenvalue weighted by Gasteiger charge is 2.30. The normalized spacial score (nSPS) is 14.2. The third-order valence-corrected chi connectivity index (χ3v) is 20.5. The third kappa shape index (κ3) is 70.9. The average Bonchev–Trinajstić information content (AvgIpc) is 2.14. The van der Waals surface area contributed by atoms with Crippen molar-refractivity contribution < 1.29 is 80.2 Å². The molecule has 3 N–H and O–H groups in total. The van der Waals surface area contributed by atoms with Crippen LogP contribution in [-0.2, 0) is 65.4 Å². The van der Waals surface area contributed by atoms with E-state index in [4.69, 9.17) is 37.0 Å². The van der Waals surface area contributed by atoms with Crippen LogP contribution in [0.2, 0.25) is 0 Å². The molecule has 0 saturated carbocycles. The van der Waals surface area contributed by atoms with Gasteiger partial charge in [-0.1, -0.05) is 356 Å². The topological polar surface area (TPSA) is 237 Å². The van der Waals surface area contributed by atoms with E-state index in [1.165, 1.54) is 218 Å². The number of rotatable bonds is 77. The number of hydrogen-bond acceptors (Lipinski definition) is 15. The summed E-state index contributed by atoms with van der Waals surface area (Å²) in [6, 6.07) is 0. The monoisotopic (exact) mass is 1420 g/mol. The van der Waals surface area contributed by atoms with Gasteiger partial charge < -0.3 is 33.8 Å². The van der Waals surface area contributed by atoms with Crippen LogP contribution in [0.15, 0.2) is 0 Å². The minimum Gasteiger partial charge on any atom is -0.462 e. The summed E-state index contributed by atoms with van der Waals surface area (Å²) in [5, 5.41) is 10.6. The lowest BCUT2D eigenvalue weighted by molar-refractivity contribution is -0.161. The molecule has 97 heavy (non-hydrogen) atoms. The van der Waals surface area contributed by atoms with Gasteiger partial charge >= 0.3 is 39.5 Å². The second kappa shape index (κ2) is 69.8. The molecule has 0 aromatic rings. The first-order valence-corrected chi connectivity index (χ1v) is 43.5. The zero-order chi connectivity index (χ0) is 71.4. The molecule has 0 rings (SSSR count). The zero-order valence-corrected chi connectivity index (χ0v) is 65.2. The molecule has 6 atom stereocenters. The molecule has 0 aliphatic rings. The maximum atomic E-state index is 13.1. The lowest BCUT2D eigenvalue weighted by Crippen LogP contribution is -2.30. The van der Waals surface area contributed by atoms with Gasteiger partial charge in [-0.2, -0.15) is 0 Å². The molecule has 19 heteroatoms. The number of phosphoric acid groups is 2. The Balaban J connectivity index is 5.22. The average molecular weight is 1420 g/mol. The first-order chi connectivity index (χ1) is 46.9. The number of unbranched alkanes of at least 4 members (excludes halogenated alkanes) is 46. The molecule has 0 aliphatic carbocycles. The van der Waals surface area contributed by atoms with Crippen LogP contribution in [0.25, 0.3) is 0 Å². The second-order valence-corrected chi connectivity index (χ2v) is 31.7. The van der Waals surface area contributed by atoms with Gasteiger partial charge in [0, 0.05) is 25.7 Å². The SMILES string of the molecule is CCCCCCCCCCCCCCCCCC(=O)O[C@H](COC(=O)CCCCCCCCCC)COP(=O)(O)OC[C@H](O)COP(=O)(O)OC[C@@H](COC(=O)CCCCCCCCCCCCCCCC(C)C)OC(=O)CCCCCCCCCCCCCCCCC(C)CC. The molecule has 0 aromatic carbocycles. The highest BCUT2D eigenvalue weighted by Crippen LogP contribution is 2.45. The predicted octanol–water partition coefficient (Wildman–Crippen LogP) is 23.1. The third-order valence-electron chi connectivity index (χ3n) is 18.6. The van der Waals surface area contributed by atoms with Crippen LogP contribution in [0.5, 0.6) is 0 Å². The van der Waals surface area contributed by atoms with Crippen molar-refractivity contribution in [3.63, 3.8) is 0 Å². The minimum atomic E-state index is -4.96. The molecule has 0 fully saturated rings. The van der Waals surface area contributed by atoms with Gasteiger partial charge in [0.2, 0.25) is 0 Å². The van der Waals surface area contributed by atoms with Crippen LogP contribution >= 0.6 is 15.6 Å². The lowest BCUT2D eigenvalue weighted by atomic mass is 9.99. The van der Waals surface area contributed by atoms with E-state index < -0.39 is 97.5 Å². The van der Waals surface area contributed by atoms with Crippen molar-refractivity contribution in [1.29, 1.82) is 0 Å². The van der Waals surface area contributed by atoms with Crippen molar-refractivity contribution in [3.05, 3.63) is 0 Å². The summed E-state index contributed by atoms with van der Waals surface area (Å²) in [4.78, 5) is 72.8. The van der Waals surface area contributed by atoms with Gasteiger partial charge in [-0.25, -0.2) is 9.13 Å². The zero-order valence-electron chi connectivity index (χ0n) is 63.4. The Morgan fingerprint density at radius 2 is 0.526 bits per heavy atom. The summed E-state index contributed by atoms with van der Waals surface area (Å²) >= 11 is 0. The van der Waals surface area contributed by atoms with Crippen molar-refractivity contribution >= 4 is 39.5 Å². The second-order valence-electron chi connectivity index (χ2n) is 28.8. The van der Waals surface area contributed by atoms with E-state index in [1.54, 1.807) is 0 Å². The Kier molecular flexibility index (Phi) is 68.4. The van der Waals surface area contributed by atoms with Gasteiger partial charge in [-0.15, -0.1) is 0 Å². The molecule has 576 valence electrons. The molecule has 0 saturated heterocycles. The van der Waals surface area contributed by atoms with Crippen molar-refractivity contribution in [2.24, 2.45) is 11.8 Å². The molecule has 0 aromatic heterocycles. The smallest absolute Gasteiger partial charge is 0.462 e. The molecular formula is C78H152O17P2.